The lowest BCUT2D eigenvalue weighted by atomic mass is 10.2. The Kier molecular flexibility index (Phi) is 4.94. The zero-order valence-corrected chi connectivity index (χ0v) is 15.9. The van der Waals surface area contributed by atoms with Crippen molar-refractivity contribution in [3.8, 4) is 11.5 Å². The molecule has 28 heavy (non-hydrogen) atoms. The molecule has 1 aliphatic rings. The summed E-state index contributed by atoms with van der Waals surface area (Å²) in [6.45, 7) is 0.630. The van der Waals surface area contributed by atoms with E-state index < -0.39 is 0 Å². The molecule has 0 saturated heterocycles. The normalized spacial score (nSPS) is 11.9. The molecule has 0 saturated carbocycles. The van der Waals surface area contributed by atoms with Crippen LogP contribution in [0, 0.1) is 0 Å². The van der Waals surface area contributed by atoms with Crippen molar-refractivity contribution in [3.05, 3.63) is 70.7 Å². The number of rotatable bonds is 5. The number of hydrogen-bond acceptors (Lipinski definition) is 6. The lowest BCUT2D eigenvalue weighted by molar-refractivity contribution is 0.0779. The van der Waals surface area contributed by atoms with Gasteiger partial charge in [0.1, 0.15) is 5.69 Å². The first-order valence-corrected chi connectivity index (χ1v) is 9.44. The maximum atomic E-state index is 12.6. The molecule has 2 aromatic carbocycles. The third-order valence-electron chi connectivity index (χ3n) is 4.19. The van der Waals surface area contributed by atoms with Gasteiger partial charge in [-0.05, 0) is 23.8 Å². The molecule has 7 nitrogen and oxygen atoms in total. The highest BCUT2D eigenvalue weighted by molar-refractivity contribution is 7.14. The molecule has 0 atom stereocenters. The summed E-state index contributed by atoms with van der Waals surface area (Å²) < 4.78 is 10.5. The largest absolute Gasteiger partial charge is 0.454 e. The molecule has 1 N–H and O–H groups in total. The van der Waals surface area contributed by atoms with E-state index in [0.29, 0.717) is 34.4 Å². The Labute approximate surface area is 165 Å². The monoisotopic (exact) mass is 395 g/mol. The van der Waals surface area contributed by atoms with Gasteiger partial charge >= 0.3 is 0 Å². The standard InChI is InChI=1S/C20H17N3O4S/c1-23(10-13-5-3-2-4-6-13)19(25)15-11-28-20(21-15)22-18(24)14-7-8-16-17(9-14)27-12-26-16/h2-9,11H,10,12H2,1H3,(H,21,22,24). The minimum Gasteiger partial charge on any atom is -0.454 e. The highest BCUT2D eigenvalue weighted by Gasteiger charge is 2.19. The second-order valence-corrected chi connectivity index (χ2v) is 7.06. The first-order chi connectivity index (χ1) is 13.6. The number of benzene rings is 2. The fourth-order valence-corrected chi connectivity index (χ4v) is 3.44. The van der Waals surface area contributed by atoms with Crippen LogP contribution >= 0.6 is 11.3 Å². The number of carbonyl (C=O) groups is 2. The van der Waals surface area contributed by atoms with Gasteiger partial charge in [-0.1, -0.05) is 30.3 Å². The van der Waals surface area contributed by atoms with Crippen LogP contribution in [-0.4, -0.2) is 35.5 Å². The second kappa shape index (κ2) is 7.69. The Hall–Kier alpha value is -3.39. The summed E-state index contributed by atoms with van der Waals surface area (Å²) in [5, 5.41) is 4.71. The van der Waals surface area contributed by atoms with E-state index in [4.69, 9.17) is 9.47 Å². The quantitative estimate of drug-likeness (QED) is 0.716. The Morgan fingerprint density at radius 3 is 2.75 bits per heavy atom. The lowest BCUT2D eigenvalue weighted by Crippen LogP contribution is -2.26. The molecule has 0 radical (unpaired) electrons. The molecular formula is C20H17N3O4S. The zero-order chi connectivity index (χ0) is 19.5. The maximum Gasteiger partial charge on any atom is 0.273 e. The minimum atomic E-state index is -0.329. The van der Waals surface area contributed by atoms with Crippen LogP contribution in [0.3, 0.4) is 0 Å². The number of anilines is 1. The first-order valence-electron chi connectivity index (χ1n) is 8.56. The van der Waals surface area contributed by atoms with Gasteiger partial charge in [-0.25, -0.2) is 4.98 Å². The van der Waals surface area contributed by atoms with E-state index in [1.54, 1.807) is 35.5 Å². The molecule has 0 fully saturated rings. The summed E-state index contributed by atoms with van der Waals surface area (Å²) in [5.41, 5.74) is 1.75. The number of fused-ring (bicyclic) bond motifs is 1. The predicted molar refractivity (Wildman–Crippen MR) is 105 cm³/mol. The molecule has 0 unspecified atom stereocenters. The highest BCUT2D eigenvalue weighted by Crippen LogP contribution is 2.32. The van der Waals surface area contributed by atoms with E-state index in [9.17, 15) is 9.59 Å². The topological polar surface area (TPSA) is 80.8 Å². The molecule has 0 spiro atoms. The van der Waals surface area contributed by atoms with Crippen LogP contribution in [0.1, 0.15) is 26.4 Å². The molecule has 3 aromatic rings. The Morgan fingerprint density at radius 2 is 1.93 bits per heavy atom. The van der Waals surface area contributed by atoms with Crippen molar-refractivity contribution in [2.24, 2.45) is 0 Å². The lowest BCUT2D eigenvalue weighted by Gasteiger charge is -2.15. The number of aromatic nitrogens is 1. The van der Waals surface area contributed by atoms with E-state index in [1.165, 1.54) is 11.3 Å². The molecule has 1 aliphatic heterocycles. The average Bonchev–Trinajstić information content (AvgIpc) is 3.36. The van der Waals surface area contributed by atoms with Gasteiger partial charge in [0.25, 0.3) is 11.8 Å². The Balaban J connectivity index is 1.41. The summed E-state index contributed by atoms with van der Waals surface area (Å²) in [7, 11) is 1.72. The van der Waals surface area contributed by atoms with E-state index in [2.05, 4.69) is 10.3 Å². The van der Waals surface area contributed by atoms with Crippen LogP contribution in [0.15, 0.2) is 53.9 Å². The van der Waals surface area contributed by atoms with Crippen molar-refractivity contribution in [3.63, 3.8) is 0 Å². The number of ether oxygens (including phenoxy) is 2. The summed E-state index contributed by atoms with van der Waals surface area (Å²) >= 11 is 1.20. The Morgan fingerprint density at radius 1 is 1.14 bits per heavy atom. The van der Waals surface area contributed by atoms with Crippen molar-refractivity contribution < 1.29 is 19.1 Å². The number of carbonyl (C=O) groups excluding carboxylic acids is 2. The predicted octanol–water partition coefficient (Wildman–Crippen LogP) is 3.40. The fourth-order valence-electron chi connectivity index (χ4n) is 2.76. The first kappa shape index (κ1) is 18.0. The van der Waals surface area contributed by atoms with Crippen molar-refractivity contribution in [2.45, 2.75) is 6.54 Å². The van der Waals surface area contributed by atoms with E-state index in [-0.39, 0.29) is 18.6 Å². The summed E-state index contributed by atoms with van der Waals surface area (Å²) in [4.78, 5) is 30.8. The number of hydrogen-bond donors (Lipinski definition) is 1. The summed E-state index contributed by atoms with van der Waals surface area (Å²) in [5.74, 6) is 0.610. The molecule has 0 bridgehead atoms. The number of nitrogens with zero attached hydrogens (tertiary/aromatic N) is 2. The van der Waals surface area contributed by atoms with Gasteiger partial charge in [-0.2, -0.15) is 0 Å². The van der Waals surface area contributed by atoms with Gasteiger partial charge in [0.15, 0.2) is 16.6 Å². The van der Waals surface area contributed by atoms with Gasteiger partial charge in [0, 0.05) is 24.5 Å². The van der Waals surface area contributed by atoms with Gasteiger partial charge in [-0.3, -0.25) is 14.9 Å². The van der Waals surface area contributed by atoms with Crippen LogP contribution in [-0.2, 0) is 6.54 Å². The van der Waals surface area contributed by atoms with Gasteiger partial charge in [0.2, 0.25) is 6.79 Å². The third-order valence-corrected chi connectivity index (χ3v) is 4.95. The molecule has 0 aliphatic carbocycles. The van der Waals surface area contributed by atoms with Gasteiger partial charge in [-0.15, -0.1) is 11.3 Å². The molecule has 142 valence electrons. The smallest absolute Gasteiger partial charge is 0.273 e. The molecule has 2 heterocycles. The van der Waals surface area contributed by atoms with Crippen LogP contribution in [0.25, 0.3) is 0 Å². The molecule has 8 heteroatoms. The fraction of sp³-hybridized carbons (Fsp3) is 0.150. The van der Waals surface area contributed by atoms with Crippen LogP contribution in [0.4, 0.5) is 5.13 Å². The second-order valence-electron chi connectivity index (χ2n) is 6.21. The van der Waals surface area contributed by atoms with Crippen LogP contribution < -0.4 is 14.8 Å². The van der Waals surface area contributed by atoms with Crippen molar-refractivity contribution in [1.82, 2.24) is 9.88 Å². The summed E-state index contributed by atoms with van der Waals surface area (Å²) in [6, 6.07) is 14.7. The van der Waals surface area contributed by atoms with Crippen molar-refractivity contribution >= 4 is 28.3 Å². The minimum absolute atomic E-state index is 0.148. The summed E-state index contributed by atoms with van der Waals surface area (Å²) in [6.07, 6.45) is 0. The number of thiazole rings is 1. The van der Waals surface area contributed by atoms with Crippen LogP contribution in [0.2, 0.25) is 0 Å². The van der Waals surface area contributed by atoms with Crippen LogP contribution in [0.5, 0.6) is 11.5 Å². The highest BCUT2D eigenvalue weighted by atomic mass is 32.1. The van der Waals surface area contributed by atoms with E-state index in [1.807, 2.05) is 30.3 Å². The van der Waals surface area contributed by atoms with E-state index in [0.717, 1.165) is 5.56 Å². The number of amides is 2. The SMILES string of the molecule is CN(Cc1ccccc1)C(=O)c1csc(NC(=O)c2ccc3c(c2)OCO3)n1. The van der Waals surface area contributed by atoms with Gasteiger partial charge in [0.05, 0.1) is 0 Å². The average molecular weight is 395 g/mol. The molecular weight excluding hydrogens is 378 g/mol. The van der Waals surface area contributed by atoms with E-state index >= 15 is 0 Å². The molecule has 2 amide bonds. The maximum absolute atomic E-state index is 12.6. The Bertz CT molecular complexity index is 1020. The zero-order valence-electron chi connectivity index (χ0n) is 15.0. The van der Waals surface area contributed by atoms with Gasteiger partial charge < -0.3 is 14.4 Å². The third kappa shape index (κ3) is 3.81. The van der Waals surface area contributed by atoms with Crippen molar-refractivity contribution in [1.29, 1.82) is 0 Å². The molecule has 1 aromatic heterocycles. The van der Waals surface area contributed by atoms with Crippen molar-refractivity contribution in [2.75, 3.05) is 19.2 Å². The molecule has 4 rings (SSSR count). The number of nitrogens with one attached hydrogen (secondary N) is 1.